The molecule has 1 heteroatoms. The Morgan fingerprint density at radius 2 is 2.06 bits per heavy atom. The van der Waals surface area contributed by atoms with Crippen molar-refractivity contribution in [3.8, 4) is 0 Å². The van der Waals surface area contributed by atoms with Gasteiger partial charge in [0.15, 0.2) is 0 Å². The number of hydrogen-bond donors (Lipinski definition) is 1. The minimum atomic E-state index is -0.117. The summed E-state index contributed by atoms with van der Waals surface area (Å²) < 4.78 is 0. The van der Waals surface area contributed by atoms with E-state index in [9.17, 15) is 5.11 Å². The summed E-state index contributed by atoms with van der Waals surface area (Å²) in [6.07, 6.45) is 7.12. The molecule has 0 heterocycles. The van der Waals surface area contributed by atoms with Gasteiger partial charge < -0.3 is 5.11 Å². The molecule has 2 rings (SSSR count). The Balaban J connectivity index is 2.28. The molecule has 1 spiro atoms. The van der Waals surface area contributed by atoms with E-state index in [-0.39, 0.29) is 11.5 Å². The molecule has 0 unspecified atom stereocenters. The van der Waals surface area contributed by atoms with E-state index in [2.05, 4.69) is 33.8 Å². The third-order valence-electron chi connectivity index (χ3n) is 5.13. The first-order valence-corrected chi connectivity index (χ1v) is 6.84. The van der Waals surface area contributed by atoms with Gasteiger partial charge in [-0.3, -0.25) is 0 Å². The molecular weight excluding hydrogens is 196 g/mol. The largest absolute Gasteiger partial charge is 0.392 e. The van der Waals surface area contributed by atoms with Crippen molar-refractivity contribution in [2.24, 2.45) is 23.2 Å². The van der Waals surface area contributed by atoms with Crippen molar-refractivity contribution in [2.75, 3.05) is 0 Å². The van der Waals surface area contributed by atoms with Crippen molar-refractivity contribution >= 4 is 0 Å². The van der Waals surface area contributed by atoms with Crippen LogP contribution in [-0.4, -0.2) is 11.2 Å². The molecule has 0 saturated heterocycles. The van der Waals surface area contributed by atoms with Crippen LogP contribution in [0, 0.1) is 23.2 Å². The Morgan fingerprint density at radius 1 is 1.38 bits per heavy atom. The molecule has 2 aliphatic carbocycles. The maximum Gasteiger partial charge on any atom is 0.0664 e. The Hall–Kier alpha value is -0.300. The summed E-state index contributed by atoms with van der Waals surface area (Å²) >= 11 is 0. The summed E-state index contributed by atoms with van der Waals surface area (Å²) in [4.78, 5) is 0. The van der Waals surface area contributed by atoms with Crippen LogP contribution in [0.4, 0.5) is 0 Å². The molecule has 1 nitrogen and oxygen atoms in total. The van der Waals surface area contributed by atoms with Gasteiger partial charge in [0.25, 0.3) is 0 Å². The lowest BCUT2D eigenvalue weighted by atomic mass is 9.59. The molecule has 1 saturated carbocycles. The molecule has 0 radical (unpaired) electrons. The normalized spacial score (nSPS) is 44.1. The Bertz CT molecular complexity index is 292. The summed E-state index contributed by atoms with van der Waals surface area (Å²) in [5.41, 5.74) is 1.59. The van der Waals surface area contributed by atoms with Crippen molar-refractivity contribution < 1.29 is 5.11 Å². The fraction of sp³-hybridized carbons (Fsp3) is 0.867. The average molecular weight is 222 g/mol. The second-order valence-corrected chi connectivity index (χ2v) is 6.43. The summed E-state index contributed by atoms with van der Waals surface area (Å²) in [5, 5.41) is 10.7. The van der Waals surface area contributed by atoms with Gasteiger partial charge in [0.05, 0.1) is 6.10 Å². The standard InChI is InChI=1S/C15H26O/c1-10(2)13-6-5-12(4)15(14(13)16)8-7-11(3)9-15/h9-10,12-14,16H,5-8H2,1-4H3/t12-,13+,14-,15-/m0/s1. The van der Waals surface area contributed by atoms with Crippen LogP contribution >= 0.6 is 0 Å². The van der Waals surface area contributed by atoms with Crippen molar-refractivity contribution in [1.29, 1.82) is 0 Å². The Kier molecular flexibility index (Phi) is 3.18. The van der Waals surface area contributed by atoms with Crippen LogP contribution in [0.3, 0.4) is 0 Å². The lowest BCUT2D eigenvalue weighted by Gasteiger charge is -2.48. The lowest BCUT2D eigenvalue weighted by Crippen LogP contribution is -2.48. The monoisotopic (exact) mass is 222 g/mol. The molecule has 92 valence electrons. The molecule has 0 amide bonds. The van der Waals surface area contributed by atoms with E-state index in [1.54, 1.807) is 0 Å². The predicted octanol–water partition coefficient (Wildman–Crippen LogP) is 3.78. The Labute approximate surface area is 99.9 Å². The third kappa shape index (κ3) is 1.73. The highest BCUT2D eigenvalue weighted by molar-refractivity contribution is 5.20. The zero-order chi connectivity index (χ0) is 11.9. The molecule has 0 aromatic carbocycles. The maximum atomic E-state index is 10.7. The van der Waals surface area contributed by atoms with Gasteiger partial charge in [-0.05, 0) is 50.4 Å². The van der Waals surface area contributed by atoms with Crippen molar-refractivity contribution in [2.45, 2.75) is 59.5 Å². The van der Waals surface area contributed by atoms with Crippen LogP contribution in [-0.2, 0) is 0 Å². The van der Waals surface area contributed by atoms with Gasteiger partial charge >= 0.3 is 0 Å². The van der Waals surface area contributed by atoms with Crippen LogP contribution < -0.4 is 0 Å². The summed E-state index contributed by atoms with van der Waals surface area (Å²) in [6.45, 7) is 9.05. The van der Waals surface area contributed by atoms with Gasteiger partial charge in [-0.15, -0.1) is 0 Å². The highest BCUT2D eigenvalue weighted by Crippen LogP contribution is 2.53. The van der Waals surface area contributed by atoms with E-state index in [0.717, 1.165) is 0 Å². The minimum Gasteiger partial charge on any atom is -0.392 e. The third-order valence-corrected chi connectivity index (χ3v) is 5.13. The van der Waals surface area contributed by atoms with E-state index < -0.39 is 0 Å². The number of aliphatic hydroxyl groups excluding tert-OH is 1. The lowest BCUT2D eigenvalue weighted by molar-refractivity contribution is -0.0704. The second-order valence-electron chi connectivity index (χ2n) is 6.43. The van der Waals surface area contributed by atoms with Gasteiger partial charge in [0.1, 0.15) is 0 Å². The number of aliphatic hydroxyl groups is 1. The van der Waals surface area contributed by atoms with Crippen molar-refractivity contribution in [1.82, 2.24) is 0 Å². The fourth-order valence-electron chi connectivity index (χ4n) is 3.90. The van der Waals surface area contributed by atoms with Crippen LogP contribution in [0.5, 0.6) is 0 Å². The first-order valence-electron chi connectivity index (χ1n) is 6.84. The molecule has 0 aliphatic heterocycles. The highest BCUT2D eigenvalue weighted by atomic mass is 16.3. The average Bonchev–Trinajstić information content (AvgIpc) is 2.59. The number of hydrogen-bond acceptors (Lipinski definition) is 1. The van der Waals surface area contributed by atoms with Gasteiger partial charge in [0.2, 0.25) is 0 Å². The highest BCUT2D eigenvalue weighted by Gasteiger charge is 2.49. The summed E-state index contributed by atoms with van der Waals surface area (Å²) in [7, 11) is 0. The molecule has 1 fully saturated rings. The molecule has 4 atom stereocenters. The predicted molar refractivity (Wildman–Crippen MR) is 68.2 cm³/mol. The summed E-state index contributed by atoms with van der Waals surface area (Å²) in [5.74, 6) is 1.75. The van der Waals surface area contributed by atoms with Gasteiger partial charge in [-0.1, -0.05) is 32.4 Å². The number of allylic oxidation sites excluding steroid dienone is 1. The molecule has 1 N–H and O–H groups in total. The van der Waals surface area contributed by atoms with Gasteiger partial charge in [-0.2, -0.15) is 0 Å². The summed E-state index contributed by atoms with van der Waals surface area (Å²) in [6, 6.07) is 0. The molecule has 16 heavy (non-hydrogen) atoms. The molecule has 0 aromatic heterocycles. The zero-order valence-electron chi connectivity index (χ0n) is 11.2. The SMILES string of the molecule is CC1=C[C@@]2(CC1)[C@@H](C)CC[C@H](C(C)C)[C@@H]2O. The second kappa shape index (κ2) is 4.18. The zero-order valence-corrected chi connectivity index (χ0v) is 11.2. The van der Waals surface area contributed by atoms with E-state index in [1.807, 2.05) is 0 Å². The quantitative estimate of drug-likeness (QED) is 0.669. The van der Waals surface area contributed by atoms with Crippen LogP contribution in [0.25, 0.3) is 0 Å². The molecule has 2 aliphatic rings. The van der Waals surface area contributed by atoms with Gasteiger partial charge in [0, 0.05) is 5.41 Å². The minimum absolute atomic E-state index is 0.108. The van der Waals surface area contributed by atoms with Crippen molar-refractivity contribution in [3.05, 3.63) is 11.6 Å². The molecule has 0 bridgehead atoms. The molecule has 0 aromatic rings. The van der Waals surface area contributed by atoms with E-state index in [0.29, 0.717) is 17.8 Å². The maximum absolute atomic E-state index is 10.7. The fourth-order valence-corrected chi connectivity index (χ4v) is 3.90. The van der Waals surface area contributed by atoms with Crippen LogP contribution in [0.1, 0.15) is 53.4 Å². The van der Waals surface area contributed by atoms with E-state index in [4.69, 9.17) is 0 Å². The Morgan fingerprint density at radius 3 is 2.56 bits per heavy atom. The first-order chi connectivity index (χ1) is 7.47. The smallest absolute Gasteiger partial charge is 0.0664 e. The first kappa shape index (κ1) is 12.2. The topological polar surface area (TPSA) is 20.2 Å². The van der Waals surface area contributed by atoms with Crippen LogP contribution in [0.2, 0.25) is 0 Å². The van der Waals surface area contributed by atoms with E-state index >= 15 is 0 Å². The number of rotatable bonds is 1. The van der Waals surface area contributed by atoms with Gasteiger partial charge in [-0.25, -0.2) is 0 Å². The van der Waals surface area contributed by atoms with Crippen molar-refractivity contribution in [3.63, 3.8) is 0 Å². The van der Waals surface area contributed by atoms with E-state index in [1.165, 1.54) is 31.3 Å². The van der Waals surface area contributed by atoms with Crippen LogP contribution in [0.15, 0.2) is 11.6 Å². The molecular formula is C15H26O.